The third-order valence-electron chi connectivity index (χ3n) is 11.8. The van der Waals surface area contributed by atoms with Crippen LogP contribution in [0.1, 0.15) is 0 Å². The average Bonchev–Trinajstić information content (AvgIpc) is 3.32. The molecule has 0 aliphatic rings. The van der Waals surface area contributed by atoms with Crippen molar-refractivity contribution in [2.24, 2.45) is 0 Å². The van der Waals surface area contributed by atoms with Gasteiger partial charge < -0.3 is 4.90 Å². The van der Waals surface area contributed by atoms with Crippen LogP contribution in [0.25, 0.3) is 87.6 Å². The third-order valence-corrected chi connectivity index (χ3v) is 11.8. The second-order valence-corrected chi connectivity index (χ2v) is 15.2. The van der Waals surface area contributed by atoms with E-state index in [1.54, 1.807) is 0 Å². The average molecular weight is 750 g/mol. The highest BCUT2D eigenvalue weighted by molar-refractivity contribution is 6.23. The van der Waals surface area contributed by atoms with Gasteiger partial charge in [0.25, 0.3) is 0 Å². The van der Waals surface area contributed by atoms with Crippen LogP contribution >= 0.6 is 0 Å². The first kappa shape index (κ1) is 34.5. The van der Waals surface area contributed by atoms with Crippen molar-refractivity contribution in [3.8, 4) is 44.5 Å². The van der Waals surface area contributed by atoms with Crippen LogP contribution in [0.15, 0.2) is 237 Å². The highest BCUT2D eigenvalue weighted by Crippen LogP contribution is 2.47. The molecule has 0 spiro atoms. The summed E-state index contributed by atoms with van der Waals surface area (Å²) in [5.41, 5.74) is 13.1. The first-order chi connectivity index (χ1) is 29.3. The zero-order valence-corrected chi connectivity index (χ0v) is 32.5. The van der Waals surface area contributed by atoms with E-state index in [2.05, 4.69) is 241 Å². The normalized spacial score (nSPS) is 11.4. The standard InChI is InChI=1S/C58H39N/c1-4-18-40(19-5-1)55-51-28-14-10-24-47(51)49-26-12-16-30-53(49)57(55)42-32-36-45(37-33-42)59(44-22-8-3-9-23-44)46-38-34-43(35-39-46)58-54-31-17-13-27-50(54)48-25-11-15-29-52(48)56(58)41-20-6-2-7-21-41/h1-39H. The number of benzene rings is 11. The number of hydrogen-bond donors (Lipinski definition) is 0. The quantitative estimate of drug-likeness (QED) is 0.147. The van der Waals surface area contributed by atoms with Gasteiger partial charge in [-0.1, -0.05) is 200 Å². The predicted octanol–water partition coefficient (Wildman–Crippen LogP) is 16.4. The van der Waals surface area contributed by atoms with Gasteiger partial charge in [-0.05, 0) is 124 Å². The lowest BCUT2D eigenvalue weighted by Crippen LogP contribution is -2.09. The molecule has 0 aromatic heterocycles. The molecule has 59 heavy (non-hydrogen) atoms. The highest BCUT2D eigenvalue weighted by atomic mass is 15.1. The molecule has 276 valence electrons. The maximum absolute atomic E-state index is 2.36. The summed E-state index contributed by atoms with van der Waals surface area (Å²) in [6.07, 6.45) is 0. The molecule has 0 radical (unpaired) electrons. The predicted molar refractivity (Wildman–Crippen MR) is 253 cm³/mol. The summed E-state index contributed by atoms with van der Waals surface area (Å²) in [6.45, 7) is 0. The molecule has 0 saturated carbocycles. The first-order valence-electron chi connectivity index (χ1n) is 20.4. The van der Waals surface area contributed by atoms with Crippen molar-refractivity contribution in [1.82, 2.24) is 0 Å². The van der Waals surface area contributed by atoms with Crippen LogP contribution in [0.2, 0.25) is 0 Å². The number of rotatable bonds is 7. The highest BCUT2D eigenvalue weighted by Gasteiger charge is 2.21. The molecular formula is C58H39N. The van der Waals surface area contributed by atoms with E-state index < -0.39 is 0 Å². The molecule has 11 rings (SSSR count). The van der Waals surface area contributed by atoms with Gasteiger partial charge >= 0.3 is 0 Å². The molecule has 0 amide bonds. The first-order valence-corrected chi connectivity index (χ1v) is 20.4. The van der Waals surface area contributed by atoms with E-state index in [1.807, 2.05) is 0 Å². The van der Waals surface area contributed by atoms with Crippen LogP contribution in [0.3, 0.4) is 0 Å². The number of nitrogens with zero attached hydrogens (tertiary/aromatic N) is 1. The summed E-state index contributed by atoms with van der Waals surface area (Å²) in [5.74, 6) is 0. The van der Waals surface area contributed by atoms with Crippen molar-refractivity contribution in [2.75, 3.05) is 4.90 Å². The molecule has 11 aromatic rings. The van der Waals surface area contributed by atoms with Crippen molar-refractivity contribution in [3.05, 3.63) is 237 Å². The lowest BCUT2D eigenvalue weighted by Gasteiger charge is -2.26. The Kier molecular flexibility index (Phi) is 8.56. The van der Waals surface area contributed by atoms with Gasteiger partial charge in [-0.2, -0.15) is 0 Å². The molecule has 0 aliphatic carbocycles. The number of fused-ring (bicyclic) bond motifs is 6. The second kappa shape index (κ2) is 14.6. The van der Waals surface area contributed by atoms with Crippen LogP contribution in [0.5, 0.6) is 0 Å². The molecule has 1 heteroatoms. The molecule has 1 nitrogen and oxygen atoms in total. The third kappa shape index (κ3) is 5.95. The van der Waals surface area contributed by atoms with Crippen LogP contribution in [0, 0.1) is 0 Å². The Morgan fingerprint density at radius 2 is 0.390 bits per heavy atom. The van der Waals surface area contributed by atoms with Crippen molar-refractivity contribution >= 4 is 60.2 Å². The molecule has 0 bridgehead atoms. The van der Waals surface area contributed by atoms with Crippen LogP contribution in [0.4, 0.5) is 17.1 Å². The van der Waals surface area contributed by atoms with Crippen molar-refractivity contribution in [1.29, 1.82) is 0 Å². The molecule has 0 fully saturated rings. The van der Waals surface area contributed by atoms with E-state index in [4.69, 9.17) is 0 Å². The monoisotopic (exact) mass is 749 g/mol. The van der Waals surface area contributed by atoms with Crippen LogP contribution in [-0.2, 0) is 0 Å². The van der Waals surface area contributed by atoms with Crippen LogP contribution < -0.4 is 4.90 Å². The van der Waals surface area contributed by atoms with E-state index in [1.165, 1.54) is 87.6 Å². The minimum Gasteiger partial charge on any atom is -0.311 e. The largest absolute Gasteiger partial charge is 0.311 e. The summed E-state index contributed by atoms with van der Waals surface area (Å²) < 4.78 is 0. The fourth-order valence-electron chi connectivity index (χ4n) is 9.27. The Morgan fingerprint density at radius 1 is 0.169 bits per heavy atom. The number of anilines is 3. The zero-order valence-electron chi connectivity index (χ0n) is 32.5. The molecule has 0 unspecified atom stereocenters. The van der Waals surface area contributed by atoms with E-state index >= 15 is 0 Å². The molecule has 0 aliphatic heterocycles. The smallest absolute Gasteiger partial charge is 0.0462 e. The minimum atomic E-state index is 1.10. The lowest BCUT2D eigenvalue weighted by atomic mass is 9.85. The summed E-state index contributed by atoms with van der Waals surface area (Å²) in [7, 11) is 0. The van der Waals surface area contributed by atoms with E-state index in [9.17, 15) is 0 Å². The van der Waals surface area contributed by atoms with Gasteiger partial charge in [-0.3, -0.25) is 0 Å². The Labute approximate surface area is 344 Å². The summed E-state index contributed by atoms with van der Waals surface area (Å²) in [4.78, 5) is 2.36. The Morgan fingerprint density at radius 3 is 0.695 bits per heavy atom. The Hall–Kier alpha value is -7.74. The fraction of sp³-hybridized carbons (Fsp3) is 0. The maximum Gasteiger partial charge on any atom is 0.0462 e. The summed E-state index contributed by atoms with van der Waals surface area (Å²) in [5, 5.41) is 10.1. The van der Waals surface area contributed by atoms with Gasteiger partial charge in [0.2, 0.25) is 0 Å². The molecule has 0 saturated heterocycles. The SMILES string of the molecule is c1ccc(-c2c(-c3ccc(N(c4ccccc4)c4ccc(-c5c(-c6ccccc6)c6ccccc6c6ccccc56)cc4)cc3)c3ccccc3c3ccccc23)cc1. The van der Waals surface area contributed by atoms with Gasteiger partial charge in [-0.25, -0.2) is 0 Å². The van der Waals surface area contributed by atoms with Gasteiger partial charge in [-0.15, -0.1) is 0 Å². The zero-order chi connectivity index (χ0) is 39.1. The summed E-state index contributed by atoms with van der Waals surface area (Å²) >= 11 is 0. The molecule has 11 aromatic carbocycles. The lowest BCUT2D eigenvalue weighted by molar-refractivity contribution is 1.28. The minimum absolute atomic E-state index is 1.10. The van der Waals surface area contributed by atoms with E-state index in [-0.39, 0.29) is 0 Å². The van der Waals surface area contributed by atoms with Gasteiger partial charge in [0.05, 0.1) is 0 Å². The van der Waals surface area contributed by atoms with Gasteiger partial charge in [0, 0.05) is 17.1 Å². The number of para-hydroxylation sites is 1. The summed E-state index contributed by atoms with van der Waals surface area (Å²) in [6, 6.07) is 86.0. The van der Waals surface area contributed by atoms with Gasteiger partial charge in [0.1, 0.15) is 0 Å². The Balaban J connectivity index is 1.07. The molecule has 0 N–H and O–H groups in total. The van der Waals surface area contributed by atoms with Crippen LogP contribution in [-0.4, -0.2) is 0 Å². The maximum atomic E-state index is 2.36. The molecule has 0 heterocycles. The topological polar surface area (TPSA) is 3.24 Å². The van der Waals surface area contributed by atoms with Crippen molar-refractivity contribution < 1.29 is 0 Å². The molecular weight excluding hydrogens is 711 g/mol. The Bertz CT molecular complexity index is 3070. The number of hydrogen-bond acceptors (Lipinski definition) is 1. The van der Waals surface area contributed by atoms with Crippen molar-refractivity contribution in [3.63, 3.8) is 0 Å². The second-order valence-electron chi connectivity index (χ2n) is 15.2. The van der Waals surface area contributed by atoms with Gasteiger partial charge in [0.15, 0.2) is 0 Å². The fourth-order valence-corrected chi connectivity index (χ4v) is 9.27. The van der Waals surface area contributed by atoms with E-state index in [0.717, 1.165) is 17.1 Å². The van der Waals surface area contributed by atoms with Crippen molar-refractivity contribution in [2.45, 2.75) is 0 Å². The van der Waals surface area contributed by atoms with E-state index in [0.29, 0.717) is 0 Å². The molecule has 0 atom stereocenters.